The van der Waals surface area contributed by atoms with Gasteiger partial charge in [0, 0.05) is 16.4 Å². The summed E-state index contributed by atoms with van der Waals surface area (Å²) in [5, 5.41) is 2.89. The number of pyridine rings is 1. The van der Waals surface area contributed by atoms with Crippen molar-refractivity contribution < 1.29 is 9.53 Å². The summed E-state index contributed by atoms with van der Waals surface area (Å²) in [5.41, 5.74) is 2.54. The molecule has 0 atom stereocenters. The predicted molar refractivity (Wildman–Crippen MR) is 93.2 cm³/mol. The zero-order valence-corrected chi connectivity index (χ0v) is 14.4. The van der Waals surface area contributed by atoms with E-state index in [4.69, 9.17) is 4.74 Å². The molecule has 0 unspecified atom stereocenters. The number of halogens is 1. The minimum atomic E-state index is -0.203. The number of aryl methyl sites for hydroxylation is 1. The van der Waals surface area contributed by atoms with E-state index in [0.717, 1.165) is 10.2 Å². The number of hydrogen-bond donors (Lipinski definition) is 1. The van der Waals surface area contributed by atoms with Gasteiger partial charge in [-0.3, -0.25) is 9.20 Å². The molecule has 3 rings (SSSR count). The number of ether oxygens (including phenoxy) is 1. The smallest absolute Gasteiger partial charge is 0.274 e. The Hall–Kier alpha value is -2.34. The van der Waals surface area contributed by atoms with E-state index in [9.17, 15) is 4.79 Å². The normalized spacial score (nSPS) is 10.7. The number of carbonyl (C=O) groups excluding carboxylic acids is 1. The Labute approximate surface area is 142 Å². The number of nitrogens with one attached hydrogen (secondary N) is 1. The summed E-state index contributed by atoms with van der Waals surface area (Å²) in [7, 11) is 0. The molecule has 0 saturated carbocycles. The Bertz CT molecular complexity index is 856. The van der Waals surface area contributed by atoms with Crippen LogP contribution in [0.25, 0.3) is 5.65 Å². The maximum atomic E-state index is 12.6. The van der Waals surface area contributed by atoms with Gasteiger partial charge in [-0.25, -0.2) is 4.98 Å². The number of nitrogens with zero attached hydrogens (tertiary/aromatic N) is 2. The highest BCUT2D eigenvalue weighted by Gasteiger charge is 2.18. The van der Waals surface area contributed by atoms with Gasteiger partial charge in [-0.15, -0.1) is 0 Å². The lowest BCUT2D eigenvalue weighted by molar-refractivity contribution is 0.102. The van der Waals surface area contributed by atoms with Crippen LogP contribution in [0.2, 0.25) is 0 Å². The molecule has 0 aliphatic rings. The average Bonchev–Trinajstić information content (AvgIpc) is 2.87. The lowest BCUT2D eigenvalue weighted by Gasteiger charge is -2.07. The summed E-state index contributed by atoms with van der Waals surface area (Å²) in [4.78, 5) is 17.1. The van der Waals surface area contributed by atoms with Crippen molar-refractivity contribution in [2.45, 2.75) is 13.8 Å². The van der Waals surface area contributed by atoms with Crippen molar-refractivity contribution in [2.24, 2.45) is 0 Å². The van der Waals surface area contributed by atoms with Crippen LogP contribution in [-0.4, -0.2) is 21.9 Å². The van der Waals surface area contributed by atoms with Crippen LogP contribution in [-0.2, 0) is 0 Å². The third-order valence-electron chi connectivity index (χ3n) is 3.41. The van der Waals surface area contributed by atoms with Gasteiger partial charge in [0.05, 0.1) is 12.3 Å². The molecule has 6 heteroatoms. The van der Waals surface area contributed by atoms with Crippen LogP contribution in [0.3, 0.4) is 0 Å². The van der Waals surface area contributed by atoms with E-state index in [1.165, 1.54) is 0 Å². The summed E-state index contributed by atoms with van der Waals surface area (Å²) in [6.45, 7) is 4.28. The summed E-state index contributed by atoms with van der Waals surface area (Å²) in [6, 6.07) is 11.1. The zero-order chi connectivity index (χ0) is 16.4. The number of rotatable bonds is 4. The van der Waals surface area contributed by atoms with Crippen molar-refractivity contribution in [3.05, 3.63) is 58.5 Å². The van der Waals surface area contributed by atoms with Crippen LogP contribution in [0.1, 0.15) is 23.1 Å². The Morgan fingerprint density at radius 2 is 2.04 bits per heavy atom. The Kier molecular flexibility index (Phi) is 4.34. The molecule has 2 aromatic heterocycles. The van der Waals surface area contributed by atoms with Gasteiger partial charge >= 0.3 is 0 Å². The summed E-state index contributed by atoms with van der Waals surface area (Å²) < 4.78 is 8.30. The molecule has 1 aromatic carbocycles. The second-order valence-corrected chi connectivity index (χ2v) is 5.92. The average molecular weight is 374 g/mol. The standard InChI is InChI=1S/C17H16BrN3O2/c1-3-23-14-5-4-10-21-15(11(2)19-16(14)21)17(22)20-13-8-6-12(18)7-9-13/h4-10H,3H2,1-2H3,(H,20,22). The van der Waals surface area contributed by atoms with Crippen molar-refractivity contribution in [3.8, 4) is 5.75 Å². The van der Waals surface area contributed by atoms with Gasteiger partial charge in [-0.1, -0.05) is 15.9 Å². The molecule has 5 nitrogen and oxygen atoms in total. The van der Waals surface area contributed by atoms with Crippen LogP contribution in [0.15, 0.2) is 47.1 Å². The molecule has 0 fully saturated rings. The molecule has 3 aromatic rings. The topological polar surface area (TPSA) is 55.6 Å². The molecule has 1 N–H and O–H groups in total. The first-order valence-electron chi connectivity index (χ1n) is 7.27. The molecule has 23 heavy (non-hydrogen) atoms. The number of carbonyl (C=O) groups is 1. The van der Waals surface area contributed by atoms with Crippen molar-refractivity contribution in [2.75, 3.05) is 11.9 Å². The van der Waals surface area contributed by atoms with E-state index < -0.39 is 0 Å². The number of aromatic nitrogens is 2. The molecule has 0 saturated heterocycles. The third kappa shape index (κ3) is 3.07. The highest BCUT2D eigenvalue weighted by Crippen LogP contribution is 2.23. The number of anilines is 1. The minimum Gasteiger partial charge on any atom is -0.490 e. The molecule has 0 aliphatic heterocycles. The third-order valence-corrected chi connectivity index (χ3v) is 3.93. The van der Waals surface area contributed by atoms with E-state index in [1.54, 1.807) is 4.40 Å². The molecule has 0 radical (unpaired) electrons. The number of benzene rings is 1. The molecule has 0 spiro atoms. The fourth-order valence-electron chi connectivity index (χ4n) is 2.42. The molecule has 1 amide bonds. The van der Waals surface area contributed by atoms with Gasteiger partial charge in [0.15, 0.2) is 11.4 Å². The monoisotopic (exact) mass is 373 g/mol. The van der Waals surface area contributed by atoms with Crippen molar-refractivity contribution in [1.82, 2.24) is 9.38 Å². The van der Waals surface area contributed by atoms with Crippen LogP contribution in [0.5, 0.6) is 5.75 Å². The van der Waals surface area contributed by atoms with Crippen LogP contribution in [0, 0.1) is 6.92 Å². The first kappa shape index (κ1) is 15.6. The number of amides is 1. The summed E-state index contributed by atoms with van der Waals surface area (Å²) >= 11 is 3.38. The zero-order valence-electron chi connectivity index (χ0n) is 12.8. The second kappa shape index (κ2) is 6.42. The van der Waals surface area contributed by atoms with E-state index in [-0.39, 0.29) is 5.91 Å². The van der Waals surface area contributed by atoms with Gasteiger partial charge in [0.25, 0.3) is 5.91 Å². The number of fused-ring (bicyclic) bond motifs is 1. The lowest BCUT2D eigenvalue weighted by atomic mass is 10.3. The fourth-order valence-corrected chi connectivity index (χ4v) is 2.69. The van der Waals surface area contributed by atoms with E-state index >= 15 is 0 Å². The summed E-state index contributed by atoms with van der Waals surface area (Å²) in [5.74, 6) is 0.465. The first-order valence-corrected chi connectivity index (χ1v) is 8.07. The minimum absolute atomic E-state index is 0.203. The van der Waals surface area contributed by atoms with Crippen molar-refractivity contribution in [1.29, 1.82) is 0 Å². The molecule has 0 bridgehead atoms. The number of hydrogen-bond acceptors (Lipinski definition) is 3. The van der Waals surface area contributed by atoms with E-state index in [1.807, 2.05) is 56.4 Å². The predicted octanol–water partition coefficient (Wildman–Crippen LogP) is 4.06. The Balaban J connectivity index is 1.98. The largest absolute Gasteiger partial charge is 0.490 e. The highest BCUT2D eigenvalue weighted by molar-refractivity contribution is 9.10. The Morgan fingerprint density at radius 1 is 1.30 bits per heavy atom. The molecule has 118 valence electrons. The molecule has 0 aliphatic carbocycles. The van der Waals surface area contributed by atoms with Crippen LogP contribution < -0.4 is 10.1 Å². The quantitative estimate of drug-likeness (QED) is 0.750. The van der Waals surface area contributed by atoms with Gasteiger partial charge in [-0.05, 0) is 50.2 Å². The maximum Gasteiger partial charge on any atom is 0.274 e. The highest BCUT2D eigenvalue weighted by atomic mass is 79.9. The SMILES string of the molecule is CCOc1cccn2c(C(=O)Nc3ccc(Br)cc3)c(C)nc12. The van der Waals surface area contributed by atoms with Crippen molar-refractivity contribution in [3.63, 3.8) is 0 Å². The van der Waals surface area contributed by atoms with Crippen LogP contribution in [0.4, 0.5) is 5.69 Å². The maximum absolute atomic E-state index is 12.6. The summed E-state index contributed by atoms with van der Waals surface area (Å²) in [6.07, 6.45) is 1.81. The van der Waals surface area contributed by atoms with Gasteiger partial charge in [0.1, 0.15) is 5.69 Å². The van der Waals surface area contributed by atoms with E-state index in [2.05, 4.69) is 26.2 Å². The van der Waals surface area contributed by atoms with Crippen LogP contribution >= 0.6 is 15.9 Å². The molecule has 2 heterocycles. The molecular weight excluding hydrogens is 358 g/mol. The first-order chi connectivity index (χ1) is 11.1. The van der Waals surface area contributed by atoms with Gasteiger partial charge in [0.2, 0.25) is 0 Å². The molecular formula is C17H16BrN3O2. The van der Waals surface area contributed by atoms with Gasteiger partial charge < -0.3 is 10.1 Å². The van der Waals surface area contributed by atoms with Gasteiger partial charge in [-0.2, -0.15) is 0 Å². The van der Waals surface area contributed by atoms with E-state index in [0.29, 0.717) is 29.4 Å². The fraction of sp³-hybridized carbons (Fsp3) is 0.176. The lowest BCUT2D eigenvalue weighted by Crippen LogP contribution is -2.15. The second-order valence-electron chi connectivity index (χ2n) is 5.01. The number of imidazole rings is 1. The Morgan fingerprint density at radius 3 is 2.74 bits per heavy atom. The van der Waals surface area contributed by atoms with Crippen molar-refractivity contribution >= 4 is 33.2 Å².